The molecule has 0 aliphatic heterocycles. The average Bonchev–Trinajstić information content (AvgIpc) is 2.25. The first-order valence-corrected chi connectivity index (χ1v) is 5.58. The number of hydrogen-bond acceptors (Lipinski definition) is 2. The summed E-state index contributed by atoms with van der Waals surface area (Å²) in [5, 5.41) is -0.953. The molecule has 0 aromatic heterocycles. The third-order valence-electron chi connectivity index (χ3n) is 2.10. The molecule has 1 aromatic rings. The van der Waals surface area contributed by atoms with E-state index in [0.717, 1.165) is 5.56 Å². The molecule has 0 fully saturated rings. The number of benzene rings is 1. The van der Waals surface area contributed by atoms with E-state index in [-0.39, 0.29) is 0 Å². The molecule has 1 unspecified atom stereocenters. The molecule has 0 aliphatic carbocycles. The number of halogens is 2. The van der Waals surface area contributed by atoms with E-state index in [0.29, 0.717) is 24.3 Å². The molecule has 2 nitrogen and oxygen atoms in total. The summed E-state index contributed by atoms with van der Waals surface area (Å²) in [6.45, 7) is 0. The fraction of sp³-hybridized carbons (Fsp3) is 0.455. The summed E-state index contributed by atoms with van der Waals surface area (Å²) in [7, 11) is 3.18. The van der Waals surface area contributed by atoms with E-state index >= 15 is 0 Å². The Morgan fingerprint density at radius 2 is 1.93 bits per heavy atom. The molecule has 84 valence electrons. The first-order chi connectivity index (χ1) is 7.17. The highest BCUT2D eigenvalue weighted by molar-refractivity contribution is 9.09. The van der Waals surface area contributed by atoms with E-state index in [1.165, 1.54) is 0 Å². The Balaban J connectivity index is 2.74. The molecule has 0 saturated heterocycles. The van der Waals surface area contributed by atoms with Crippen molar-refractivity contribution in [3.05, 3.63) is 23.8 Å². The Hall–Kier alpha value is -0.770. The summed E-state index contributed by atoms with van der Waals surface area (Å²) in [4.78, 5) is 0. The smallest absolute Gasteiger partial charge is 0.160 e. The van der Waals surface area contributed by atoms with Crippen molar-refractivity contribution in [1.29, 1.82) is 0 Å². The molecule has 0 radical (unpaired) electrons. The molecule has 0 bridgehead atoms. The summed E-state index contributed by atoms with van der Waals surface area (Å²) in [6.07, 6.45) is 1.13. The summed E-state index contributed by atoms with van der Waals surface area (Å²) in [5.74, 6) is 1.37. The highest BCUT2D eigenvalue weighted by Crippen LogP contribution is 2.28. The zero-order valence-corrected chi connectivity index (χ0v) is 10.4. The number of hydrogen-bond donors (Lipinski definition) is 0. The van der Waals surface area contributed by atoms with E-state index in [2.05, 4.69) is 15.9 Å². The molecule has 4 heteroatoms. The number of rotatable bonds is 5. The van der Waals surface area contributed by atoms with Crippen LogP contribution in [-0.2, 0) is 6.42 Å². The van der Waals surface area contributed by atoms with Crippen LogP contribution in [0.15, 0.2) is 18.2 Å². The topological polar surface area (TPSA) is 18.5 Å². The van der Waals surface area contributed by atoms with Crippen LogP contribution >= 0.6 is 15.9 Å². The van der Waals surface area contributed by atoms with Crippen molar-refractivity contribution in [3.8, 4) is 11.5 Å². The van der Waals surface area contributed by atoms with Crippen LogP contribution in [-0.4, -0.2) is 19.3 Å². The van der Waals surface area contributed by atoms with Crippen LogP contribution in [0, 0.1) is 0 Å². The number of methoxy groups -OCH3 is 2. The Kier molecular flexibility index (Phi) is 4.88. The maximum atomic E-state index is 12.6. The molecule has 0 N–H and O–H groups in total. The Morgan fingerprint density at radius 1 is 1.27 bits per heavy atom. The molecule has 1 atom stereocenters. The zero-order chi connectivity index (χ0) is 11.3. The lowest BCUT2D eigenvalue weighted by Crippen LogP contribution is -1.95. The van der Waals surface area contributed by atoms with E-state index in [4.69, 9.17) is 9.47 Å². The minimum Gasteiger partial charge on any atom is -0.493 e. The van der Waals surface area contributed by atoms with Crippen molar-refractivity contribution >= 4 is 15.9 Å². The maximum absolute atomic E-state index is 12.6. The summed E-state index contributed by atoms with van der Waals surface area (Å²) < 4.78 is 22.8. The molecular formula is C11H14BrFO2. The molecular weight excluding hydrogens is 263 g/mol. The summed E-state index contributed by atoms with van der Waals surface area (Å²) in [6, 6.07) is 5.61. The lowest BCUT2D eigenvalue weighted by Gasteiger charge is -2.09. The van der Waals surface area contributed by atoms with Gasteiger partial charge in [-0.3, -0.25) is 0 Å². The van der Waals surface area contributed by atoms with Gasteiger partial charge in [-0.05, 0) is 30.5 Å². The van der Waals surface area contributed by atoms with Crippen molar-refractivity contribution in [2.24, 2.45) is 0 Å². The highest BCUT2D eigenvalue weighted by Gasteiger charge is 2.06. The average molecular weight is 277 g/mol. The van der Waals surface area contributed by atoms with Crippen molar-refractivity contribution in [3.63, 3.8) is 0 Å². The molecule has 1 aromatic carbocycles. The van der Waals surface area contributed by atoms with Crippen LogP contribution in [0.5, 0.6) is 11.5 Å². The Bertz CT molecular complexity index is 315. The van der Waals surface area contributed by atoms with Crippen LogP contribution in [0.25, 0.3) is 0 Å². The van der Waals surface area contributed by atoms with Crippen molar-refractivity contribution < 1.29 is 13.9 Å². The van der Waals surface area contributed by atoms with Gasteiger partial charge in [0, 0.05) is 0 Å². The van der Waals surface area contributed by atoms with Gasteiger partial charge in [-0.25, -0.2) is 4.39 Å². The minimum atomic E-state index is -0.953. The number of aryl methyl sites for hydroxylation is 1. The fourth-order valence-electron chi connectivity index (χ4n) is 1.31. The van der Waals surface area contributed by atoms with Crippen molar-refractivity contribution in [1.82, 2.24) is 0 Å². The molecule has 0 amide bonds. The molecule has 15 heavy (non-hydrogen) atoms. The van der Waals surface area contributed by atoms with Gasteiger partial charge in [0.15, 0.2) is 16.6 Å². The van der Waals surface area contributed by atoms with Gasteiger partial charge in [-0.1, -0.05) is 22.0 Å². The standard InChI is InChI=1S/C11H14BrFO2/c1-14-9-5-3-8(4-6-11(12)13)7-10(9)15-2/h3,5,7,11H,4,6H2,1-2H3. The van der Waals surface area contributed by atoms with Crippen LogP contribution in [0.4, 0.5) is 4.39 Å². The van der Waals surface area contributed by atoms with E-state index in [1.54, 1.807) is 14.2 Å². The maximum Gasteiger partial charge on any atom is 0.160 e. The third-order valence-corrected chi connectivity index (χ3v) is 2.56. The van der Waals surface area contributed by atoms with Crippen LogP contribution in [0.2, 0.25) is 0 Å². The van der Waals surface area contributed by atoms with Crippen LogP contribution < -0.4 is 9.47 Å². The molecule has 0 spiro atoms. The van der Waals surface area contributed by atoms with Crippen LogP contribution in [0.1, 0.15) is 12.0 Å². The zero-order valence-electron chi connectivity index (χ0n) is 8.80. The van der Waals surface area contributed by atoms with Crippen molar-refractivity contribution in [2.45, 2.75) is 17.9 Å². The Labute approximate surface area is 97.5 Å². The molecule has 0 aliphatic rings. The molecule has 0 heterocycles. The minimum absolute atomic E-state index is 0.454. The van der Waals surface area contributed by atoms with E-state index < -0.39 is 5.08 Å². The normalized spacial score (nSPS) is 12.3. The lowest BCUT2D eigenvalue weighted by atomic mass is 10.1. The number of alkyl halides is 2. The first kappa shape index (κ1) is 12.3. The van der Waals surface area contributed by atoms with Gasteiger partial charge >= 0.3 is 0 Å². The summed E-state index contributed by atoms with van der Waals surface area (Å²) >= 11 is 2.87. The molecule has 1 rings (SSSR count). The van der Waals surface area contributed by atoms with Crippen molar-refractivity contribution in [2.75, 3.05) is 14.2 Å². The van der Waals surface area contributed by atoms with Gasteiger partial charge in [0.25, 0.3) is 0 Å². The van der Waals surface area contributed by atoms with Gasteiger partial charge in [0.1, 0.15) is 0 Å². The fourth-order valence-corrected chi connectivity index (χ4v) is 1.54. The predicted octanol–water partition coefficient (Wildman–Crippen LogP) is 3.33. The quantitative estimate of drug-likeness (QED) is 0.769. The van der Waals surface area contributed by atoms with Gasteiger partial charge in [0.05, 0.1) is 14.2 Å². The lowest BCUT2D eigenvalue weighted by molar-refractivity contribution is 0.354. The third kappa shape index (κ3) is 3.70. The van der Waals surface area contributed by atoms with E-state index in [9.17, 15) is 4.39 Å². The SMILES string of the molecule is COc1ccc(CCC(F)Br)cc1OC. The Morgan fingerprint density at radius 3 is 2.47 bits per heavy atom. The first-order valence-electron chi connectivity index (χ1n) is 4.66. The highest BCUT2D eigenvalue weighted by atomic mass is 79.9. The second-order valence-corrected chi connectivity index (χ2v) is 4.11. The predicted molar refractivity (Wildman–Crippen MR) is 61.7 cm³/mol. The van der Waals surface area contributed by atoms with Gasteiger partial charge in [-0.2, -0.15) is 0 Å². The monoisotopic (exact) mass is 276 g/mol. The summed E-state index contributed by atoms with van der Waals surface area (Å²) in [5.41, 5.74) is 1.04. The largest absolute Gasteiger partial charge is 0.493 e. The second kappa shape index (κ2) is 5.95. The second-order valence-electron chi connectivity index (χ2n) is 3.12. The molecule has 0 saturated carbocycles. The van der Waals surface area contributed by atoms with Gasteiger partial charge in [-0.15, -0.1) is 0 Å². The van der Waals surface area contributed by atoms with E-state index in [1.807, 2.05) is 18.2 Å². The van der Waals surface area contributed by atoms with Gasteiger partial charge in [0.2, 0.25) is 0 Å². The van der Waals surface area contributed by atoms with Crippen LogP contribution in [0.3, 0.4) is 0 Å². The van der Waals surface area contributed by atoms with Gasteiger partial charge < -0.3 is 9.47 Å². The number of ether oxygens (including phenoxy) is 2.